The van der Waals surface area contributed by atoms with Crippen molar-refractivity contribution in [3.05, 3.63) is 62.5 Å². The zero-order chi connectivity index (χ0) is 18.5. The minimum Gasteiger partial charge on any atom is -0.356 e. The Hall–Kier alpha value is -2.54. The number of fused-ring (bicyclic) bond motifs is 1. The second-order valence-electron chi connectivity index (χ2n) is 6.33. The van der Waals surface area contributed by atoms with Crippen molar-refractivity contribution in [2.45, 2.75) is 39.5 Å². The molecule has 136 valence electrons. The molecule has 0 saturated carbocycles. The van der Waals surface area contributed by atoms with Crippen molar-refractivity contribution in [1.29, 1.82) is 0 Å². The zero-order valence-corrected chi connectivity index (χ0v) is 15.8. The molecule has 1 N–H and O–H groups in total. The van der Waals surface area contributed by atoms with Crippen molar-refractivity contribution in [1.82, 2.24) is 19.9 Å². The Kier molecular flexibility index (Phi) is 5.78. The van der Waals surface area contributed by atoms with Gasteiger partial charge in [0.25, 0.3) is 5.56 Å². The van der Waals surface area contributed by atoms with Crippen LogP contribution in [0, 0.1) is 6.92 Å². The van der Waals surface area contributed by atoms with Crippen molar-refractivity contribution in [3.63, 3.8) is 0 Å². The molecular formula is C19H22N4O2S. The molecule has 0 fully saturated rings. The highest BCUT2D eigenvalue weighted by Gasteiger charge is 2.13. The van der Waals surface area contributed by atoms with Gasteiger partial charge in [-0.15, -0.1) is 11.3 Å². The van der Waals surface area contributed by atoms with E-state index in [1.165, 1.54) is 16.9 Å². The first kappa shape index (κ1) is 18.3. The van der Waals surface area contributed by atoms with Gasteiger partial charge in [-0.2, -0.15) is 10.1 Å². The normalized spacial score (nSPS) is 11.0. The number of hydrogen-bond donors (Lipinski definition) is 1. The van der Waals surface area contributed by atoms with Crippen LogP contribution in [-0.2, 0) is 17.6 Å². The van der Waals surface area contributed by atoms with Gasteiger partial charge in [-0.05, 0) is 18.9 Å². The molecule has 1 amide bonds. The molecule has 3 rings (SSSR count). The summed E-state index contributed by atoms with van der Waals surface area (Å²) in [6.07, 6.45) is 2.65. The highest BCUT2D eigenvalue weighted by Crippen LogP contribution is 2.14. The van der Waals surface area contributed by atoms with Gasteiger partial charge in [0, 0.05) is 18.3 Å². The Balaban J connectivity index is 1.82. The number of rotatable bonds is 7. The number of thiazole rings is 1. The second kappa shape index (κ2) is 8.23. The molecular weight excluding hydrogens is 348 g/mol. The van der Waals surface area contributed by atoms with Gasteiger partial charge in [0.05, 0.1) is 12.1 Å². The molecule has 2 aromatic heterocycles. The average molecular weight is 370 g/mol. The molecule has 0 atom stereocenters. The Morgan fingerprint density at radius 3 is 2.77 bits per heavy atom. The lowest BCUT2D eigenvalue weighted by molar-refractivity contribution is -0.120. The van der Waals surface area contributed by atoms with Gasteiger partial charge < -0.3 is 5.32 Å². The minimum absolute atomic E-state index is 0.0428. The van der Waals surface area contributed by atoms with Crippen molar-refractivity contribution >= 4 is 22.2 Å². The highest BCUT2D eigenvalue weighted by atomic mass is 32.1. The number of aryl methyl sites for hydroxylation is 1. The van der Waals surface area contributed by atoms with Crippen molar-refractivity contribution in [2.75, 3.05) is 6.54 Å². The maximum Gasteiger partial charge on any atom is 0.296 e. The predicted octanol–water partition coefficient (Wildman–Crippen LogP) is 2.51. The Morgan fingerprint density at radius 2 is 2.04 bits per heavy atom. The summed E-state index contributed by atoms with van der Waals surface area (Å²) in [5.74, 6) is -0.0428. The number of carbonyl (C=O) groups excluding carboxylic acids is 1. The van der Waals surface area contributed by atoms with Crippen LogP contribution >= 0.6 is 11.3 Å². The summed E-state index contributed by atoms with van der Waals surface area (Å²) in [6, 6.07) is 7.99. The lowest BCUT2D eigenvalue weighted by Crippen LogP contribution is -2.27. The van der Waals surface area contributed by atoms with Gasteiger partial charge in [0.1, 0.15) is 5.69 Å². The Morgan fingerprint density at radius 1 is 1.27 bits per heavy atom. The maximum atomic E-state index is 12.3. The van der Waals surface area contributed by atoms with E-state index >= 15 is 0 Å². The summed E-state index contributed by atoms with van der Waals surface area (Å²) in [5, 5.41) is 9.21. The first-order chi connectivity index (χ1) is 12.6. The van der Waals surface area contributed by atoms with Crippen LogP contribution in [0.3, 0.4) is 0 Å². The first-order valence-electron chi connectivity index (χ1n) is 8.75. The molecule has 0 spiro atoms. The van der Waals surface area contributed by atoms with Crippen LogP contribution in [0.15, 0.2) is 34.4 Å². The monoisotopic (exact) mass is 370 g/mol. The Labute approximate surface area is 155 Å². The largest absolute Gasteiger partial charge is 0.356 e. The molecule has 0 radical (unpaired) electrons. The molecule has 0 aliphatic heterocycles. The number of nitrogens with zero attached hydrogens (tertiary/aromatic N) is 3. The number of unbranched alkanes of at least 4 members (excludes halogenated alkanes) is 1. The molecule has 0 aliphatic carbocycles. The van der Waals surface area contributed by atoms with E-state index in [0.29, 0.717) is 23.6 Å². The molecule has 26 heavy (non-hydrogen) atoms. The lowest BCUT2D eigenvalue weighted by atomic mass is 10.1. The maximum absolute atomic E-state index is 12.3. The number of benzene rings is 1. The lowest BCUT2D eigenvalue weighted by Gasteiger charge is -2.05. The fourth-order valence-corrected chi connectivity index (χ4v) is 3.42. The average Bonchev–Trinajstić information content (AvgIpc) is 2.99. The van der Waals surface area contributed by atoms with Crippen LogP contribution in [0.25, 0.3) is 4.96 Å². The van der Waals surface area contributed by atoms with Crippen LogP contribution in [0.5, 0.6) is 0 Å². The highest BCUT2D eigenvalue weighted by molar-refractivity contribution is 7.15. The summed E-state index contributed by atoms with van der Waals surface area (Å²) < 4.78 is 1.62. The summed E-state index contributed by atoms with van der Waals surface area (Å²) in [7, 11) is 0. The third kappa shape index (κ3) is 4.35. The first-order valence-corrected chi connectivity index (χ1v) is 9.63. The summed E-state index contributed by atoms with van der Waals surface area (Å²) in [5.41, 5.74) is 3.00. The minimum atomic E-state index is -0.314. The van der Waals surface area contributed by atoms with E-state index in [0.717, 1.165) is 24.1 Å². The summed E-state index contributed by atoms with van der Waals surface area (Å²) in [6.45, 7) is 4.78. The van der Waals surface area contributed by atoms with Gasteiger partial charge in [0.2, 0.25) is 10.9 Å². The molecule has 2 heterocycles. The van der Waals surface area contributed by atoms with Crippen LogP contribution in [-0.4, -0.2) is 27.0 Å². The zero-order valence-electron chi connectivity index (χ0n) is 15.0. The van der Waals surface area contributed by atoms with E-state index in [9.17, 15) is 9.59 Å². The van der Waals surface area contributed by atoms with E-state index in [-0.39, 0.29) is 17.9 Å². The third-order valence-electron chi connectivity index (χ3n) is 4.10. The van der Waals surface area contributed by atoms with Gasteiger partial charge in [0.15, 0.2) is 0 Å². The number of nitrogens with one attached hydrogen (secondary N) is 1. The van der Waals surface area contributed by atoms with Crippen LogP contribution in [0.2, 0.25) is 0 Å². The van der Waals surface area contributed by atoms with Gasteiger partial charge in [-0.25, -0.2) is 4.52 Å². The fraction of sp³-hybridized carbons (Fsp3) is 0.368. The van der Waals surface area contributed by atoms with Crippen molar-refractivity contribution in [2.24, 2.45) is 0 Å². The smallest absolute Gasteiger partial charge is 0.296 e. The number of hydrogen-bond acceptors (Lipinski definition) is 5. The number of amides is 1. The standard InChI is InChI=1S/C19H22N4O2S/c1-3-4-9-20-17(24)11-15-12-26-19-21-18(25)16(22-23(15)19)10-14-7-5-13(2)6-8-14/h5-8,12H,3-4,9-11H2,1-2H3,(H,20,24). The molecule has 6 nitrogen and oxygen atoms in total. The molecule has 0 bridgehead atoms. The van der Waals surface area contributed by atoms with E-state index in [4.69, 9.17) is 0 Å². The molecule has 7 heteroatoms. The summed E-state index contributed by atoms with van der Waals surface area (Å²) in [4.78, 5) is 29.0. The van der Waals surface area contributed by atoms with E-state index in [2.05, 4.69) is 22.3 Å². The van der Waals surface area contributed by atoms with Gasteiger partial charge in [-0.3, -0.25) is 9.59 Å². The van der Waals surface area contributed by atoms with E-state index in [1.807, 2.05) is 36.6 Å². The van der Waals surface area contributed by atoms with Crippen molar-refractivity contribution in [3.8, 4) is 0 Å². The predicted molar refractivity (Wildman–Crippen MR) is 103 cm³/mol. The van der Waals surface area contributed by atoms with E-state index in [1.54, 1.807) is 4.52 Å². The van der Waals surface area contributed by atoms with Crippen LogP contribution in [0.4, 0.5) is 0 Å². The fourth-order valence-electron chi connectivity index (χ4n) is 2.60. The molecule has 0 aliphatic rings. The topological polar surface area (TPSA) is 76.4 Å². The van der Waals surface area contributed by atoms with Crippen molar-refractivity contribution < 1.29 is 4.79 Å². The van der Waals surface area contributed by atoms with Gasteiger partial charge in [-0.1, -0.05) is 43.2 Å². The quantitative estimate of drug-likeness (QED) is 0.649. The van der Waals surface area contributed by atoms with Gasteiger partial charge >= 0.3 is 0 Å². The SMILES string of the molecule is CCCCNC(=O)Cc1csc2nc(=O)c(Cc3ccc(C)cc3)nn12. The van der Waals surface area contributed by atoms with Crippen LogP contribution < -0.4 is 10.9 Å². The summed E-state index contributed by atoms with van der Waals surface area (Å²) >= 11 is 1.32. The van der Waals surface area contributed by atoms with Crippen LogP contribution in [0.1, 0.15) is 42.3 Å². The number of carbonyl (C=O) groups is 1. The molecule has 0 unspecified atom stereocenters. The molecule has 3 aromatic rings. The molecule has 0 saturated heterocycles. The third-order valence-corrected chi connectivity index (χ3v) is 4.97. The van der Waals surface area contributed by atoms with E-state index < -0.39 is 0 Å². The Bertz CT molecular complexity index is 960. The second-order valence-corrected chi connectivity index (χ2v) is 7.16. The number of aromatic nitrogens is 3. The molecule has 1 aromatic carbocycles.